The zero-order valence-electron chi connectivity index (χ0n) is 11.0. The first-order valence-corrected chi connectivity index (χ1v) is 6.28. The SMILES string of the molecule is O=C(CCn1cnnn1)Nc1cccc(-c2ncn[nH]2)c1. The fourth-order valence-corrected chi connectivity index (χ4v) is 1.81. The van der Waals surface area contributed by atoms with Crippen LogP contribution in [0.1, 0.15) is 6.42 Å². The fraction of sp³-hybridized carbons (Fsp3) is 0.167. The summed E-state index contributed by atoms with van der Waals surface area (Å²) in [5.41, 5.74) is 1.55. The van der Waals surface area contributed by atoms with Crippen LogP contribution in [0.4, 0.5) is 5.69 Å². The normalized spacial score (nSPS) is 10.5. The number of aromatic nitrogens is 7. The number of carbonyl (C=O) groups excluding carboxylic acids is 1. The number of aryl methyl sites for hydroxylation is 1. The van der Waals surface area contributed by atoms with Crippen molar-refractivity contribution < 1.29 is 4.79 Å². The Kier molecular flexibility index (Phi) is 3.63. The number of hydrogen-bond donors (Lipinski definition) is 2. The third-order valence-corrected chi connectivity index (χ3v) is 2.79. The molecule has 0 unspecified atom stereocenters. The molecule has 1 amide bonds. The molecular weight excluding hydrogens is 272 g/mol. The number of anilines is 1. The summed E-state index contributed by atoms with van der Waals surface area (Å²) < 4.78 is 1.50. The largest absolute Gasteiger partial charge is 0.326 e. The van der Waals surface area contributed by atoms with Gasteiger partial charge in [-0.3, -0.25) is 9.89 Å². The molecule has 9 nitrogen and oxygen atoms in total. The van der Waals surface area contributed by atoms with Crippen LogP contribution < -0.4 is 5.32 Å². The number of rotatable bonds is 5. The van der Waals surface area contributed by atoms with Gasteiger partial charge in [-0.15, -0.1) is 5.10 Å². The van der Waals surface area contributed by atoms with E-state index in [-0.39, 0.29) is 12.3 Å². The van der Waals surface area contributed by atoms with E-state index >= 15 is 0 Å². The molecule has 9 heteroatoms. The minimum atomic E-state index is -0.111. The van der Waals surface area contributed by atoms with E-state index in [0.717, 1.165) is 5.56 Å². The van der Waals surface area contributed by atoms with Crippen LogP contribution in [0.25, 0.3) is 11.4 Å². The lowest BCUT2D eigenvalue weighted by Gasteiger charge is -2.06. The molecule has 1 aromatic carbocycles. The summed E-state index contributed by atoms with van der Waals surface area (Å²) in [7, 11) is 0. The Bertz CT molecular complexity index is 707. The van der Waals surface area contributed by atoms with Crippen molar-refractivity contribution in [1.82, 2.24) is 35.4 Å². The van der Waals surface area contributed by atoms with Crippen molar-refractivity contribution in [3.05, 3.63) is 36.9 Å². The number of benzene rings is 1. The molecule has 2 aromatic heterocycles. The van der Waals surface area contributed by atoms with Crippen LogP contribution in [0.2, 0.25) is 0 Å². The molecule has 3 rings (SSSR count). The maximum atomic E-state index is 11.9. The Morgan fingerprint density at radius 2 is 2.33 bits per heavy atom. The van der Waals surface area contributed by atoms with Gasteiger partial charge in [0.1, 0.15) is 12.7 Å². The maximum Gasteiger partial charge on any atom is 0.226 e. The number of hydrogen-bond acceptors (Lipinski definition) is 6. The van der Waals surface area contributed by atoms with Gasteiger partial charge in [0.25, 0.3) is 0 Å². The van der Waals surface area contributed by atoms with Gasteiger partial charge in [-0.1, -0.05) is 12.1 Å². The number of H-pyrrole nitrogens is 1. The predicted octanol–water partition coefficient (Wildman–Crippen LogP) is 0.487. The summed E-state index contributed by atoms with van der Waals surface area (Å²) in [4.78, 5) is 15.9. The Balaban J connectivity index is 1.62. The molecule has 0 aliphatic carbocycles. The molecule has 0 aliphatic heterocycles. The minimum Gasteiger partial charge on any atom is -0.326 e. The smallest absolute Gasteiger partial charge is 0.226 e. The summed E-state index contributed by atoms with van der Waals surface area (Å²) in [6.07, 6.45) is 3.20. The van der Waals surface area contributed by atoms with Crippen molar-refractivity contribution in [1.29, 1.82) is 0 Å². The third kappa shape index (κ3) is 3.26. The lowest BCUT2D eigenvalue weighted by Crippen LogP contribution is -2.14. The number of tetrazole rings is 1. The highest BCUT2D eigenvalue weighted by Crippen LogP contribution is 2.18. The maximum absolute atomic E-state index is 11.9. The van der Waals surface area contributed by atoms with E-state index in [9.17, 15) is 4.79 Å². The molecule has 0 fully saturated rings. The number of nitrogens with one attached hydrogen (secondary N) is 2. The van der Waals surface area contributed by atoms with E-state index in [1.807, 2.05) is 24.3 Å². The molecule has 0 bridgehead atoms. The van der Waals surface area contributed by atoms with E-state index < -0.39 is 0 Å². The molecule has 0 saturated carbocycles. The zero-order valence-corrected chi connectivity index (χ0v) is 11.0. The van der Waals surface area contributed by atoms with Crippen molar-refractivity contribution in [3.63, 3.8) is 0 Å². The van der Waals surface area contributed by atoms with Crippen LogP contribution in [-0.4, -0.2) is 41.3 Å². The molecule has 0 atom stereocenters. The van der Waals surface area contributed by atoms with Crippen LogP contribution in [0.3, 0.4) is 0 Å². The molecule has 106 valence electrons. The second-order valence-corrected chi connectivity index (χ2v) is 4.29. The van der Waals surface area contributed by atoms with Gasteiger partial charge in [0.2, 0.25) is 5.91 Å². The molecule has 0 aliphatic rings. The van der Waals surface area contributed by atoms with Gasteiger partial charge in [0.15, 0.2) is 5.82 Å². The van der Waals surface area contributed by atoms with Crippen LogP contribution in [0, 0.1) is 0 Å². The summed E-state index contributed by atoms with van der Waals surface area (Å²) >= 11 is 0. The topological polar surface area (TPSA) is 114 Å². The highest BCUT2D eigenvalue weighted by atomic mass is 16.1. The standard InChI is InChI=1S/C12H12N8O/c21-11(4-5-20-8-15-18-19-20)16-10-3-1-2-9(6-10)12-13-7-14-17-12/h1-3,6-8H,4-5H2,(H,16,21)(H,13,14,17). The van der Waals surface area contributed by atoms with Crippen molar-refractivity contribution in [2.24, 2.45) is 0 Å². The molecule has 0 saturated heterocycles. The second-order valence-electron chi connectivity index (χ2n) is 4.29. The Labute approximate surface area is 119 Å². The van der Waals surface area contributed by atoms with Crippen molar-refractivity contribution >= 4 is 11.6 Å². The summed E-state index contributed by atoms with van der Waals surface area (Å²) in [5, 5.41) is 20.1. The monoisotopic (exact) mass is 284 g/mol. The van der Waals surface area contributed by atoms with Crippen LogP contribution >= 0.6 is 0 Å². The van der Waals surface area contributed by atoms with E-state index in [2.05, 4.69) is 36.0 Å². The third-order valence-electron chi connectivity index (χ3n) is 2.79. The van der Waals surface area contributed by atoms with Crippen LogP contribution in [-0.2, 0) is 11.3 Å². The zero-order chi connectivity index (χ0) is 14.5. The molecule has 3 aromatic rings. The number of aromatic amines is 1. The molecule has 2 N–H and O–H groups in total. The van der Waals surface area contributed by atoms with Gasteiger partial charge >= 0.3 is 0 Å². The van der Waals surface area contributed by atoms with Gasteiger partial charge in [-0.05, 0) is 22.6 Å². The van der Waals surface area contributed by atoms with E-state index in [1.54, 1.807) is 0 Å². The molecule has 21 heavy (non-hydrogen) atoms. The van der Waals surface area contributed by atoms with E-state index in [4.69, 9.17) is 0 Å². The predicted molar refractivity (Wildman–Crippen MR) is 72.9 cm³/mol. The van der Waals surface area contributed by atoms with E-state index in [0.29, 0.717) is 18.1 Å². The number of amides is 1. The molecule has 0 radical (unpaired) electrons. The first kappa shape index (κ1) is 12.9. The van der Waals surface area contributed by atoms with Crippen molar-refractivity contribution in [2.75, 3.05) is 5.32 Å². The van der Waals surface area contributed by atoms with Gasteiger partial charge in [-0.25, -0.2) is 9.67 Å². The quantitative estimate of drug-likeness (QED) is 0.704. The number of nitrogens with zero attached hydrogens (tertiary/aromatic N) is 6. The Morgan fingerprint density at radius 1 is 1.38 bits per heavy atom. The van der Waals surface area contributed by atoms with E-state index in [1.165, 1.54) is 17.3 Å². The Hall–Kier alpha value is -3.10. The van der Waals surface area contributed by atoms with Crippen molar-refractivity contribution in [3.8, 4) is 11.4 Å². The average molecular weight is 284 g/mol. The summed E-state index contributed by atoms with van der Waals surface area (Å²) in [6.45, 7) is 0.431. The summed E-state index contributed by atoms with van der Waals surface area (Å²) in [6, 6.07) is 7.37. The van der Waals surface area contributed by atoms with Crippen LogP contribution in [0.5, 0.6) is 0 Å². The Morgan fingerprint density at radius 3 is 3.10 bits per heavy atom. The van der Waals surface area contributed by atoms with Crippen molar-refractivity contribution in [2.45, 2.75) is 13.0 Å². The van der Waals surface area contributed by atoms with Gasteiger partial charge in [0, 0.05) is 17.7 Å². The van der Waals surface area contributed by atoms with Gasteiger partial charge < -0.3 is 5.32 Å². The highest BCUT2D eigenvalue weighted by Gasteiger charge is 2.06. The fourth-order valence-electron chi connectivity index (χ4n) is 1.81. The molecule has 2 heterocycles. The highest BCUT2D eigenvalue weighted by molar-refractivity contribution is 5.91. The van der Waals surface area contributed by atoms with Crippen LogP contribution in [0.15, 0.2) is 36.9 Å². The van der Waals surface area contributed by atoms with Gasteiger partial charge in [-0.2, -0.15) is 5.10 Å². The lowest BCUT2D eigenvalue weighted by molar-refractivity contribution is -0.116. The first-order valence-electron chi connectivity index (χ1n) is 6.28. The molecule has 0 spiro atoms. The minimum absolute atomic E-state index is 0.111. The summed E-state index contributed by atoms with van der Waals surface area (Å²) in [5.74, 6) is 0.542. The first-order chi connectivity index (χ1) is 10.3. The lowest BCUT2D eigenvalue weighted by atomic mass is 10.2. The number of carbonyl (C=O) groups is 1. The second kappa shape index (κ2) is 5.90. The average Bonchev–Trinajstić information content (AvgIpc) is 3.19. The molecular formula is C12H12N8O. The van der Waals surface area contributed by atoms with Gasteiger partial charge in [0.05, 0.1) is 6.54 Å².